The lowest BCUT2D eigenvalue weighted by atomic mass is 10.3. The molecule has 0 unspecified atom stereocenters. The van der Waals surface area contributed by atoms with Crippen LogP contribution in [0.4, 0.5) is 5.00 Å². The second kappa shape index (κ2) is 7.02. The Hall–Kier alpha value is -1.34. The highest BCUT2D eigenvalue weighted by molar-refractivity contribution is 7.16. The molecular formula is C11H16N2OS. The molecule has 1 N–H and O–H groups in total. The first kappa shape index (κ1) is 13.7. The minimum absolute atomic E-state index is 0.0571. The van der Waals surface area contributed by atoms with Gasteiger partial charge in [-0.1, -0.05) is 20.8 Å². The van der Waals surface area contributed by atoms with E-state index in [2.05, 4.69) is 5.32 Å². The second-order valence-electron chi connectivity index (χ2n) is 2.61. The van der Waals surface area contributed by atoms with E-state index < -0.39 is 0 Å². The molecule has 1 amide bonds. The number of nitrogens with one attached hydrogen (secondary N) is 1. The van der Waals surface area contributed by atoms with Crippen molar-refractivity contribution in [2.45, 2.75) is 34.1 Å². The van der Waals surface area contributed by atoms with Crippen LogP contribution in [-0.4, -0.2) is 5.91 Å². The summed E-state index contributed by atoms with van der Waals surface area (Å²) in [6.07, 6.45) is 0.432. The number of hydrogen-bond acceptors (Lipinski definition) is 3. The average molecular weight is 224 g/mol. The number of thiophene rings is 1. The molecule has 82 valence electrons. The van der Waals surface area contributed by atoms with Gasteiger partial charge in [-0.25, -0.2) is 0 Å². The van der Waals surface area contributed by atoms with Crippen LogP contribution in [-0.2, 0) is 4.79 Å². The molecule has 0 aliphatic heterocycles. The van der Waals surface area contributed by atoms with E-state index in [4.69, 9.17) is 5.26 Å². The van der Waals surface area contributed by atoms with Crippen molar-refractivity contribution in [2.24, 2.45) is 0 Å². The molecule has 4 heteroatoms. The number of carbonyl (C=O) groups is 1. The number of nitriles is 1. The molecule has 0 aliphatic rings. The lowest BCUT2D eigenvalue weighted by molar-refractivity contribution is -0.115. The Kier molecular flexibility index (Phi) is 6.39. The first-order valence-corrected chi connectivity index (χ1v) is 5.79. The first-order chi connectivity index (χ1) is 7.17. The number of carbonyl (C=O) groups excluding carboxylic acids is 1. The maximum atomic E-state index is 11.0. The Balaban J connectivity index is 0.000000921. The van der Waals surface area contributed by atoms with Crippen LogP contribution in [0, 0.1) is 18.3 Å². The predicted octanol–water partition coefficient (Wildman–Crippen LogP) is 3.30. The second-order valence-corrected chi connectivity index (χ2v) is 3.87. The molecule has 3 nitrogen and oxygen atoms in total. The quantitative estimate of drug-likeness (QED) is 0.838. The molecule has 0 fully saturated rings. The fraction of sp³-hybridized carbons (Fsp3) is 0.455. The highest BCUT2D eigenvalue weighted by Crippen LogP contribution is 2.26. The summed E-state index contributed by atoms with van der Waals surface area (Å²) in [6, 6.07) is 3.82. The number of amides is 1. The minimum atomic E-state index is -0.0571. The molecule has 0 bridgehead atoms. The summed E-state index contributed by atoms with van der Waals surface area (Å²) < 4.78 is 0. The fourth-order valence-electron chi connectivity index (χ4n) is 0.905. The summed E-state index contributed by atoms with van der Waals surface area (Å²) in [4.78, 5) is 12.1. The topological polar surface area (TPSA) is 52.9 Å². The van der Waals surface area contributed by atoms with Gasteiger partial charge < -0.3 is 5.32 Å². The van der Waals surface area contributed by atoms with Crippen LogP contribution in [0.3, 0.4) is 0 Å². The van der Waals surface area contributed by atoms with Gasteiger partial charge >= 0.3 is 0 Å². The molecule has 1 aromatic heterocycles. The van der Waals surface area contributed by atoms with Crippen LogP contribution < -0.4 is 5.32 Å². The minimum Gasteiger partial charge on any atom is -0.317 e. The van der Waals surface area contributed by atoms with Crippen LogP contribution in [0.1, 0.15) is 37.6 Å². The fourth-order valence-corrected chi connectivity index (χ4v) is 1.78. The molecular weight excluding hydrogens is 208 g/mol. The smallest absolute Gasteiger partial charge is 0.224 e. The maximum absolute atomic E-state index is 11.0. The number of aryl methyl sites for hydroxylation is 1. The Morgan fingerprint density at radius 1 is 1.60 bits per heavy atom. The van der Waals surface area contributed by atoms with Crippen molar-refractivity contribution in [1.29, 1.82) is 5.26 Å². The van der Waals surface area contributed by atoms with Gasteiger partial charge in [-0.15, -0.1) is 11.3 Å². The molecule has 0 saturated carbocycles. The van der Waals surface area contributed by atoms with Crippen molar-refractivity contribution in [1.82, 2.24) is 0 Å². The van der Waals surface area contributed by atoms with Crippen molar-refractivity contribution in [3.8, 4) is 6.07 Å². The zero-order chi connectivity index (χ0) is 11.8. The van der Waals surface area contributed by atoms with Gasteiger partial charge in [-0.3, -0.25) is 4.79 Å². The van der Waals surface area contributed by atoms with Gasteiger partial charge in [0.05, 0.1) is 5.56 Å². The molecule has 0 atom stereocenters. The SMILES string of the molecule is CC.CCC(=O)Nc1sc(C)cc1C#N. The molecule has 0 aliphatic carbocycles. The van der Waals surface area contributed by atoms with Crippen LogP contribution in [0.15, 0.2) is 6.07 Å². The van der Waals surface area contributed by atoms with Crippen LogP contribution in [0.2, 0.25) is 0 Å². The summed E-state index contributed by atoms with van der Waals surface area (Å²) in [5, 5.41) is 12.1. The molecule has 1 aromatic rings. The molecule has 1 heterocycles. The monoisotopic (exact) mass is 224 g/mol. The Bertz CT molecular complexity index is 363. The van der Waals surface area contributed by atoms with Crippen molar-refractivity contribution in [2.75, 3.05) is 5.32 Å². The van der Waals surface area contributed by atoms with Gasteiger partial charge in [0.15, 0.2) is 0 Å². The van der Waals surface area contributed by atoms with E-state index in [1.807, 2.05) is 26.8 Å². The van der Waals surface area contributed by atoms with Gasteiger partial charge in [-0.2, -0.15) is 5.26 Å². The lowest BCUT2D eigenvalue weighted by Crippen LogP contribution is -2.08. The zero-order valence-corrected chi connectivity index (χ0v) is 10.4. The van der Waals surface area contributed by atoms with E-state index in [9.17, 15) is 4.79 Å². The molecule has 15 heavy (non-hydrogen) atoms. The van der Waals surface area contributed by atoms with Gasteiger partial charge in [-0.05, 0) is 13.0 Å². The van der Waals surface area contributed by atoms with E-state index in [-0.39, 0.29) is 5.91 Å². The lowest BCUT2D eigenvalue weighted by Gasteiger charge is -1.98. The summed E-state index contributed by atoms with van der Waals surface area (Å²) in [5.74, 6) is -0.0571. The molecule has 1 rings (SSSR count). The van der Waals surface area contributed by atoms with E-state index in [1.165, 1.54) is 11.3 Å². The highest BCUT2D eigenvalue weighted by Gasteiger charge is 2.08. The summed E-state index contributed by atoms with van der Waals surface area (Å²) in [6.45, 7) is 7.69. The van der Waals surface area contributed by atoms with E-state index in [1.54, 1.807) is 13.0 Å². The third-order valence-corrected chi connectivity index (χ3v) is 2.52. The van der Waals surface area contributed by atoms with Gasteiger partial charge in [0, 0.05) is 11.3 Å². The molecule has 0 saturated heterocycles. The van der Waals surface area contributed by atoms with Crippen molar-refractivity contribution < 1.29 is 4.79 Å². The predicted molar refractivity (Wildman–Crippen MR) is 64.0 cm³/mol. The number of rotatable bonds is 2. The van der Waals surface area contributed by atoms with Crippen LogP contribution in [0.25, 0.3) is 0 Å². The number of hydrogen-bond donors (Lipinski definition) is 1. The third kappa shape index (κ3) is 4.13. The van der Waals surface area contributed by atoms with E-state index in [0.29, 0.717) is 17.0 Å². The largest absolute Gasteiger partial charge is 0.317 e. The van der Waals surface area contributed by atoms with E-state index >= 15 is 0 Å². The molecule has 0 spiro atoms. The van der Waals surface area contributed by atoms with Crippen molar-refractivity contribution in [3.05, 3.63) is 16.5 Å². The van der Waals surface area contributed by atoms with Gasteiger partial charge in [0.1, 0.15) is 11.1 Å². The maximum Gasteiger partial charge on any atom is 0.224 e. The van der Waals surface area contributed by atoms with Gasteiger partial charge in [0.2, 0.25) is 5.91 Å². The zero-order valence-electron chi connectivity index (χ0n) is 9.55. The Labute approximate surface area is 94.7 Å². The standard InChI is InChI=1S/C9H10N2OS.C2H6/c1-3-8(12)11-9-7(5-10)4-6(2)13-9;1-2/h4H,3H2,1-2H3,(H,11,12);1-2H3. The van der Waals surface area contributed by atoms with Crippen LogP contribution >= 0.6 is 11.3 Å². The van der Waals surface area contributed by atoms with Crippen LogP contribution in [0.5, 0.6) is 0 Å². The summed E-state index contributed by atoms with van der Waals surface area (Å²) >= 11 is 1.43. The first-order valence-electron chi connectivity index (χ1n) is 4.97. The van der Waals surface area contributed by atoms with E-state index in [0.717, 1.165) is 4.88 Å². The third-order valence-electron chi connectivity index (χ3n) is 1.55. The summed E-state index contributed by atoms with van der Waals surface area (Å²) in [7, 11) is 0. The van der Waals surface area contributed by atoms with Crippen molar-refractivity contribution >= 4 is 22.2 Å². The average Bonchev–Trinajstić information content (AvgIpc) is 2.61. The van der Waals surface area contributed by atoms with Gasteiger partial charge in [0.25, 0.3) is 0 Å². The molecule has 0 radical (unpaired) electrons. The Morgan fingerprint density at radius 3 is 2.67 bits per heavy atom. The molecule has 0 aromatic carbocycles. The Morgan fingerprint density at radius 2 is 2.20 bits per heavy atom. The number of nitrogens with zero attached hydrogens (tertiary/aromatic N) is 1. The van der Waals surface area contributed by atoms with Crippen molar-refractivity contribution in [3.63, 3.8) is 0 Å². The summed E-state index contributed by atoms with van der Waals surface area (Å²) in [5.41, 5.74) is 0.546. The highest BCUT2D eigenvalue weighted by atomic mass is 32.1. The number of anilines is 1. The normalized spacial score (nSPS) is 8.47.